The molecule has 1 saturated carbocycles. The molecule has 1 aromatic heterocycles. The minimum atomic E-state index is -0.884. The second-order valence-corrected chi connectivity index (χ2v) is 11.9. The predicted molar refractivity (Wildman–Crippen MR) is 167 cm³/mol. The fourth-order valence-corrected chi connectivity index (χ4v) is 6.81. The lowest BCUT2D eigenvalue weighted by Crippen LogP contribution is -2.43. The van der Waals surface area contributed by atoms with Crippen molar-refractivity contribution in [2.45, 2.75) is 71.0 Å². The Labute approximate surface area is 251 Å². The second kappa shape index (κ2) is 13.1. The highest BCUT2D eigenvalue weighted by molar-refractivity contribution is 7.17. The van der Waals surface area contributed by atoms with Crippen molar-refractivity contribution in [3.63, 3.8) is 0 Å². The number of aryl methyl sites for hydroxylation is 1. The first-order chi connectivity index (χ1) is 20.4. The number of carbonyl (C=O) groups is 2. The molecule has 0 amide bonds. The Bertz CT molecular complexity index is 1540. The molecular weight excluding hydrogens is 548 g/mol. The Balaban J connectivity index is 0.00000173. The van der Waals surface area contributed by atoms with Crippen molar-refractivity contribution in [2.75, 3.05) is 13.2 Å². The number of rotatable bonds is 9. The van der Waals surface area contributed by atoms with Crippen LogP contribution in [-0.4, -0.2) is 36.2 Å². The summed E-state index contributed by atoms with van der Waals surface area (Å²) in [4.78, 5) is 23.0. The number of ketones is 1. The van der Waals surface area contributed by atoms with Gasteiger partial charge in [-0.15, -0.1) is 11.3 Å². The van der Waals surface area contributed by atoms with E-state index < -0.39 is 11.4 Å². The SMILES string of the molecule is CC.Cc1cc(OC2CCOCC2)ccc1-c1csc2ccc(COc3ccc(C4(CC(=O)O)CC(=O)C4)cc3)cc12. The fourth-order valence-electron chi connectivity index (χ4n) is 5.87. The molecule has 0 atom stereocenters. The van der Waals surface area contributed by atoms with Crippen molar-refractivity contribution < 1.29 is 28.9 Å². The predicted octanol–water partition coefficient (Wildman–Crippen LogP) is 8.12. The van der Waals surface area contributed by atoms with Crippen molar-refractivity contribution in [1.82, 2.24) is 0 Å². The van der Waals surface area contributed by atoms with Crippen LogP contribution in [0.1, 0.15) is 62.6 Å². The Morgan fingerprint density at radius 2 is 1.69 bits per heavy atom. The molecule has 2 fully saturated rings. The first-order valence-corrected chi connectivity index (χ1v) is 15.6. The topological polar surface area (TPSA) is 82.1 Å². The van der Waals surface area contributed by atoms with Crippen LogP contribution in [0.15, 0.2) is 66.0 Å². The molecule has 1 saturated heterocycles. The molecule has 42 heavy (non-hydrogen) atoms. The number of benzene rings is 3. The Morgan fingerprint density at radius 1 is 0.976 bits per heavy atom. The Morgan fingerprint density at radius 3 is 2.36 bits per heavy atom. The highest BCUT2D eigenvalue weighted by atomic mass is 32.1. The van der Waals surface area contributed by atoms with Gasteiger partial charge in [-0.25, -0.2) is 0 Å². The average molecular weight is 587 g/mol. The molecule has 6 nitrogen and oxygen atoms in total. The molecule has 3 aromatic carbocycles. The van der Waals surface area contributed by atoms with Gasteiger partial charge in [0.1, 0.15) is 30.0 Å². The number of carboxylic acids is 1. The van der Waals surface area contributed by atoms with E-state index in [1.165, 1.54) is 26.8 Å². The summed E-state index contributed by atoms with van der Waals surface area (Å²) in [5.74, 6) is 0.844. The highest BCUT2D eigenvalue weighted by Crippen LogP contribution is 2.44. The summed E-state index contributed by atoms with van der Waals surface area (Å²) in [6.07, 6.45) is 2.61. The largest absolute Gasteiger partial charge is 0.490 e. The lowest BCUT2D eigenvalue weighted by molar-refractivity contribution is -0.141. The Hall–Kier alpha value is -3.68. The van der Waals surface area contributed by atoms with E-state index in [2.05, 4.69) is 48.7 Å². The molecule has 2 heterocycles. The van der Waals surface area contributed by atoms with Crippen molar-refractivity contribution in [1.29, 1.82) is 0 Å². The van der Waals surface area contributed by atoms with Gasteiger partial charge in [-0.3, -0.25) is 9.59 Å². The number of hydrogen-bond donors (Lipinski definition) is 1. The summed E-state index contributed by atoms with van der Waals surface area (Å²) in [5.41, 5.74) is 4.95. The van der Waals surface area contributed by atoms with Crippen molar-refractivity contribution >= 4 is 33.2 Å². The lowest BCUT2D eigenvalue weighted by atomic mass is 9.62. The maximum atomic E-state index is 11.7. The van der Waals surface area contributed by atoms with E-state index in [-0.39, 0.29) is 31.1 Å². The summed E-state index contributed by atoms with van der Waals surface area (Å²) >= 11 is 1.74. The van der Waals surface area contributed by atoms with Gasteiger partial charge in [0.05, 0.1) is 19.6 Å². The van der Waals surface area contributed by atoms with Gasteiger partial charge in [-0.05, 0) is 71.0 Å². The molecule has 0 radical (unpaired) electrons. The van der Waals surface area contributed by atoms with E-state index >= 15 is 0 Å². The van der Waals surface area contributed by atoms with E-state index in [0.717, 1.165) is 42.9 Å². The summed E-state index contributed by atoms with van der Waals surface area (Å²) in [6.45, 7) is 8.07. The van der Waals surface area contributed by atoms with E-state index in [4.69, 9.17) is 14.2 Å². The monoisotopic (exact) mass is 586 g/mol. The first-order valence-electron chi connectivity index (χ1n) is 14.7. The standard InChI is InChI=1S/C33H32O6S.C2H6/c1-21-14-27(39-26-10-12-37-13-11-26)7-8-28(21)30-20-40-31-9-2-22(15-29(30)31)19-38-25-5-3-23(4-6-25)33(18-32(35)36)16-24(34)17-33;1-2/h2-9,14-15,20,26H,10-13,16-19H2,1H3,(H,35,36);1-2H3. The van der Waals surface area contributed by atoms with Crippen LogP contribution in [0.2, 0.25) is 0 Å². The number of carboxylic acid groups (broad SMARTS) is 1. The highest BCUT2D eigenvalue weighted by Gasteiger charge is 2.46. The van der Waals surface area contributed by atoms with Crippen LogP contribution in [0.4, 0.5) is 0 Å². The minimum Gasteiger partial charge on any atom is -0.490 e. The summed E-state index contributed by atoms with van der Waals surface area (Å²) < 4.78 is 19.0. The third-order valence-corrected chi connectivity index (χ3v) is 8.99. The van der Waals surface area contributed by atoms with Crippen LogP contribution in [0.5, 0.6) is 11.5 Å². The van der Waals surface area contributed by atoms with Crippen LogP contribution < -0.4 is 9.47 Å². The van der Waals surface area contributed by atoms with Crippen LogP contribution in [0.25, 0.3) is 21.2 Å². The summed E-state index contributed by atoms with van der Waals surface area (Å²) in [5, 5.41) is 12.7. The first kappa shape index (κ1) is 29.8. The maximum Gasteiger partial charge on any atom is 0.304 e. The molecule has 4 aromatic rings. The number of thiophene rings is 1. The van der Waals surface area contributed by atoms with Gasteiger partial charge in [0.15, 0.2) is 0 Å². The maximum absolute atomic E-state index is 11.7. The van der Waals surface area contributed by atoms with Crippen LogP contribution in [0, 0.1) is 6.92 Å². The number of aliphatic carboxylic acids is 1. The third kappa shape index (κ3) is 6.53. The van der Waals surface area contributed by atoms with Gasteiger partial charge in [-0.2, -0.15) is 0 Å². The summed E-state index contributed by atoms with van der Waals surface area (Å²) in [7, 11) is 0. The van der Waals surface area contributed by atoms with Crippen molar-refractivity contribution in [3.05, 3.63) is 82.7 Å². The molecule has 7 heteroatoms. The van der Waals surface area contributed by atoms with Gasteiger partial charge < -0.3 is 19.3 Å². The van der Waals surface area contributed by atoms with E-state index in [1.54, 1.807) is 11.3 Å². The zero-order valence-electron chi connectivity index (χ0n) is 24.5. The average Bonchev–Trinajstić information content (AvgIpc) is 3.40. The minimum absolute atomic E-state index is 0.0346. The molecule has 220 valence electrons. The van der Waals surface area contributed by atoms with Crippen molar-refractivity contribution in [3.8, 4) is 22.6 Å². The number of fused-ring (bicyclic) bond motifs is 1. The lowest BCUT2D eigenvalue weighted by Gasteiger charge is -2.39. The normalized spacial score (nSPS) is 16.3. The van der Waals surface area contributed by atoms with Gasteiger partial charge in [0.25, 0.3) is 0 Å². The molecule has 6 rings (SSSR count). The molecule has 0 bridgehead atoms. The number of Topliss-reactive ketones (excluding diaryl/α,β-unsaturated/α-hetero) is 1. The van der Waals surface area contributed by atoms with E-state index in [9.17, 15) is 14.7 Å². The van der Waals surface area contributed by atoms with Crippen LogP contribution >= 0.6 is 11.3 Å². The van der Waals surface area contributed by atoms with Crippen LogP contribution in [0.3, 0.4) is 0 Å². The smallest absolute Gasteiger partial charge is 0.304 e. The molecule has 0 spiro atoms. The molecule has 1 aliphatic carbocycles. The van der Waals surface area contributed by atoms with E-state index in [1.807, 2.05) is 38.1 Å². The molecule has 0 unspecified atom stereocenters. The number of hydrogen-bond acceptors (Lipinski definition) is 6. The zero-order valence-corrected chi connectivity index (χ0v) is 25.3. The quantitative estimate of drug-likeness (QED) is 0.213. The zero-order chi connectivity index (χ0) is 29.7. The molecule has 1 N–H and O–H groups in total. The molecule has 2 aliphatic rings. The third-order valence-electron chi connectivity index (χ3n) is 8.03. The second-order valence-electron chi connectivity index (χ2n) is 10.9. The van der Waals surface area contributed by atoms with Gasteiger partial charge >= 0.3 is 5.97 Å². The van der Waals surface area contributed by atoms with Gasteiger partial charge in [0.2, 0.25) is 0 Å². The Kier molecular flexibility index (Phi) is 9.29. The van der Waals surface area contributed by atoms with Gasteiger partial charge in [-0.1, -0.05) is 38.1 Å². The number of carbonyl (C=O) groups excluding carboxylic acids is 1. The van der Waals surface area contributed by atoms with Crippen LogP contribution in [-0.2, 0) is 26.3 Å². The summed E-state index contributed by atoms with van der Waals surface area (Å²) in [6, 6.07) is 20.3. The number of ether oxygens (including phenoxy) is 3. The fraction of sp³-hybridized carbons (Fsp3) is 0.371. The molecular formula is C35H38O6S. The van der Waals surface area contributed by atoms with Gasteiger partial charge in [0, 0.05) is 46.7 Å². The molecule has 1 aliphatic heterocycles. The van der Waals surface area contributed by atoms with Crippen molar-refractivity contribution in [2.24, 2.45) is 0 Å². The van der Waals surface area contributed by atoms with E-state index in [0.29, 0.717) is 12.4 Å².